The van der Waals surface area contributed by atoms with Crippen molar-refractivity contribution in [2.75, 3.05) is 26.8 Å². The number of hydrogen-bond donors (Lipinski definition) is 2. The fourth-order valence-corrected chi connectivity index (χ4v) is 2.04. The van der Waals surface area contributed by atoms with Crippen LogP contribution >= 0.6 is 0 Å². The molecule has 0 atom stereocenters. The molecule has 1 rings (SSSR count). The molecule has 5 nitrogen and oxygen atoms in total. The lowest BCUT2D eigenvalue weighted by atomic mass is 9.92. The molecule has 18 heavy (non-hydrogen) atoms. The van der Waals surface area contributed by atoms with Gasteiger partial charge in [0.25, 0.3) is 0 Å². The molecule has 0 radical (unpaired) electrons. The van der Waals surface area contributed by atoms with E-state index in [9.17, 15) is 10.2 Å². The Hall–Kier alpha value is -0.910. The Morgan fingerprint density at radius 3 is 2.44 bits per heavy atom. The summed E-state index contributed by atoms with van der Waals surface area (Å²) in [6, 6.07) is 0. The van der Waals surface area contributed by atoms with E-state index in [1.54, 1.807) is 0 Å². The van der Waals surface area contributed by atoms with Crippen LogP contribution in [0.5, 0.6) is 0 Å². The van der Waals surface area contributed by atoms with E-state index >= 15 is 0 Å². The predicted octanol–water partition coefficient (Wildman–Crippen LogP) is 0.968. The van der Waals surface area contributed by atoms with E-state index in [-0.39, 0.29) is 13.2 Å². The highest BCUT2D eigenvalue weighted by Gasteiger charge is 2.25. The Balaban J connectivity index is 2.69. The maximum Gasteiger partial charge on any atom is 0.138 e. The van der Waals surface area contributed by atoms with Gasteiger partial charge in [0.2, 0.25) is 0 Å². The van der Waals surface area contributed by atoms with Crippen molar-refractivity contribution in [1.82, 2.24) is 10.1 Å². The molecule has 0 amide bonds. The molecule has 0 saturated carbocycles. The fourth-order valence-electron chi connectivity index (χ4n) is 2.04. The largest absolute Gasteiger partial charge is 0.396 e. The lowest BCUT2D eigenvalue weighted by Gasteiger charge is -2.30. The molecule has 0 aliphatic carbocycles. The molecule has 0 aromatic carbocycles. The normalized spacial score (nSPS) is 12.4. The molecule has 2 N–H and O–H groups in total. The van der Waals surface area contributed by atoms with Gasteiger partial charge in [0, 0.05) is 24.1 Å². The summed E-state index contributed by atoms with van der Waals surface area (Å²) in [4.78, 5) is 2.07. The first-order valence-corrected chi connectivity index (χ1v) is 6.30. The minimum absolute atomic E-state index is 0.0307. The van der Waals surface area contributed by atoms with E-state index in [4.69, 9.17) is 4.52 Å². The van der Waals surface area contributed by atoms with Gasteiger partial charge in [-0.3, -0.25) is 0 Å². The number of rotatable bonds is 7. The topological polar surface area (TPSA) is 69.7 Å². The van der Waals surface area contributed by atoms with Crippen LogP contribution in [0.3, 0.4) is 0 Å². The van der Waals surface area contributed by atoms with Gasteiger partial charge >= 0.3 is 0 Å². The van der Waals surface area contributed by atoms with Crippen LogP contribution in [-0.2, 0) is 13.0 Å². The van der Waals surface area contributed by atoms with E-state index < -0.39 is 5.41 Å². The molecule has 0 unspecified atom stereocenters. The van der Waals surface area contributed by atoms with Crippen LogP contribution in [-0.4, -0.2) is 47.1 Å². The summed E-state index contributed by atoms with van der Waals surface area (Å²) in [5.74, 6) is 0.841. The van der Waals surface area contributed by atoms with Crippen molar-refractivity contribution in [3.63, 3.8) is 0 Å². The molecular weight excluding hydrogens is 232 g/mol. The van der Waals surface area contributed by atoms with Crippen molar-refractivity contribution in [3.8, 4) is 0 Å². The summed E-state index contributed by atoms with van der Waals surface area (Å²) in [6.45, 7) is 7.10. The van der Waals surface area contributed by atoms with Gasteiger partial charge in [0.1, 0.15) is 5.76 Å². The van der Waals surface area contributed by atoms with Gasteiger partial charge in [0.05, 0.1) is 18.9 Å². The van der Waals surface area contributed by atoms with Gasteiger partial charge in [-0.2, -0.15) is 0 Å². The van der Waals surface area contributed by atoms with Gasteiger partial charge in [-0.05, 0) is 20.4 Å². The van der Waals surface area contributed by atoms with Crippen molar-refractivity contribution in [2.45, 2.75) is 33.7 Å². The van der Waals surface area contributed by atoms with E-state index in [2.05, 4.69) is 10.1 Å². The molecular formula is C13H24N2O3. The summed E-state index contributed by atoms with van der Waals surface area (Å²) in [5, 5.41) is 22.6. The average molecular weight is 256 g/mol. The highest BCUT2D eigenvalue weighted by atomic mass is 16.5. The Morgan fingerprint density at radius 1 is 1.33 bits per heavy atom. The minimum Gasteiger partial charge on any atom is -0.396 e. The zero-order valence-electron chi connectivity index (χ0n) is 11.7. The van der Waals surface area contributed by atoms with Crippen LogP contribution in [0.4, 0.5) is 0 Å². The van der Waals surface area contributed by atoms with Crippen molar-refractivity contribution in [1.29, 1.82) is 0 Å². The Bertz CT molecular complexity index is 372. The van der Waals surface area contributed by atoms with Crippen LogP contribution in [0.2, 0.25) is 0 Å². The van der Waals surface area contributed by atoms with E-state index in [1.165, 1.54) is 0 Å². The number of aryl methyl sites for hydroxylation is 2. The van der Waals surface area contributed by atoms with Gasteiger partial charge in [-0.25, -0.2) is 0 Å². The Morgan fingerprint density at radius 2 is 1.94 bits per heavy atom. The number of aromatic nitrogens is 1. The summed E-state index contributed by atoms with van der Waals surface area (Å²) < 4.78 is 5.19. The Labute approximate surface area is 108 Å². The Kier molecular flexibility index (Phi) is 5.31. The smallest absolute Gasteiger partial charge is 0.138 e. The summed E-state index contributed by atoms with van der Waals surface area (Å²) >= 11 is 0. The number of aliphatic hydroxyl groups is 2. The number of hydrogen-bond acceptors (Lipinski definition) is 5. The van der Waals surface area contributed by atoms with Crippen molar-refractivity contribution in [3.05, 3.63) is 17.0 Å². The zero-order valence-corrected chi connectivity index (χ0v) is 11.7. The van der Waals surface area contributed by atoms with Crippen LogP contribution in [0.25, 0.3) is 0 Å². The van der Waals surface area contributed by atoms with E-state index in [1.807, 2.05) is 27.8 Å². The lowest BCUT2D eigenvalue weighted by Crippen LogP contribution is -2.38. The second-order valence-electron chi connectivity index (χ2n) is 5.32. The monoisotopic (exact) mass is 256 g/mol. The molecule has 104 valence electrons. The average Bonchev–Trinajstić information content (AvgIpc) is 2.70. The van der Waals surface area contributed by atoms with Crippen molar-refractivity contribution < 1.29 is 14.7 Å². The third-order valence-electron chi connectivity index (χ3n) is 3.24. The quantitative estimate of drug-likeness (QED) is 0.760. The molecule has 1 heterocycles. The molecule has 0 saturated heterocycles. The standard InChI is InChI=1S/C13H24N2O3/c1-5-12-11(10(2)18-14-12)6-15(4)7-13(3,8-16)9-17/h16-17H,5-9H2,1-4H3. The van der Waals surface area contributed by atoms with Gasteiger partial charge < -0.3 is 19.6 Å². The minimum atomic E-state index is -0.480. The second-order valence-corrected chi connectivity index (χ2v) is 5.32. The second kappa shape index (κ2) is 6.31. The highest BCUT2D eigenvalue weighted by molar-refractivity contribution is 5.21. The summed E-state index contributed by atoms with van der Waals surface area (Å²) in [5.41, 5.74) is 1.61. The molecule has 0 bridgehead atoms. The van der Waals surface area contributed by atoms with E-state index in [0.717, 1.165) is 23.4 Å². The lowest BCUT2D eigenvalue weighted by molar-refractivity contribution is 0.0400. The van der Waals surface area contributed by atoms with E-state index in [0.29, 0.717) is 13.1 Å². The third-order valence-corrected chi connectivity index (χ3v) is 3.24. The van der Waals surface area contributed by atoms with Gasteiger partial charge in [0.15, 0.2) is 0 Å². The van der Waals surface area contributed by atoms with Crippen LogP contribution < -0.4 is 0 Å². The first kappa shape index (κ1) is 15.1. The number of aliphatic hydroxyl groups excluding tert-OH is 2. The molecule has 0 fully saturated rings. The zero-order chi connectivity index (χ0) is 13.8. The maximum atomic E-state index is 9.30. The fraction of sp³-hybridized carbons (Fsp3) is 0.769. The maximum absolute atomic E-state index is 9.30. The first-order valence-electron chi connectivity index (χ1n) is 6.30. The van der Waals surface area contributed by atoms with Gasteiger partial charge in [-0.1, -0.05) is 19.0 Å². The molecule has 5 heteroatoms. The van der Waals surface area contributed by atoms with Crippen molar-refractivity contribution >= 4 is 0 Å². The van der Waals surface area contributed by atoms with Crippen LogP contribution in [0.15, 0.2) is 4.52 Å². The molecule has 1 aromatic rings. The van der Waals surface area contributed by atoms with Gasteiger partial charge in [-0.15, -0.1) is 0 Å². The highest BCUT2D eigenvalue weighted by Crippen LogP contribution is 2.20. The molecule has 0 spiro atoms. The van der Waals surface area contributed by atoms with Crippen molar-refractivity contribution in [2.24, 2.45) is 5.41 Å². The molecule has 0 aliphatic heterocycles. The predicted molar refractivity (Wildman–Crippen MR) is 69.2 cm³/mol. The third kappa shape index (κ3) is 3.54. The first-order chi connectivity index (χ1) is 8.45. The SMILES string of the molecule is CCc1noc(C)c1CN(C)CC(C)(CO)CO. The number of nitrogens with zero attached hydrogens (tertiary/aromatic N) is 2. The van der Waals surface area contributed by atoms with Crippen LogP contribution in [0.1, 0.15) is 30.9 Å². The summed E-state index contributed by atoms with van der Waals surface area (Å²) in [6.07, 6.45) is 0.845. The summed E-state index contributed by atoms with van der Waals surface area (Å²) in [7, 11) is 1.97. The van der Waals surface area contributed by atoms with Crippen LogP contribution in [0, 0.1) is 12.3 Å². The molecule has 1 aromatic heterocycles. The molecule has 0 aliphatic rings.